The van der Waals surface area contributed by atoms with E-state index in [0.717, 1.165) is 0 Å². The Morgan fingerprint density at radius 3 is 2.13 bits per heavy atom. The summed E-state index contributed by atoms with van der Waals surface area (Å²) < 4.78 is 0. The first kappa shape index (κ1) is 11.8. The van der Waals surface area contributed by atoms with Gasteiger partial charge in [-0.1, -0.05) is 51.1 Å². The molecule has 0 aliphatic carbocycles. The third-order valence-electron chi connectivity index (χ3n) is 3.29. The quantitative estimate of drug-likeness (QED) is 0.821. The lowest BCUT2D eigenvalue weighted by molar-refractivity contribution is -0.143. The average Bonchev–Trinajstić information content (AvgIpc) is 2.27. The molecular weight excluding hydrogens is 188 g/mol. The van der Waals surface area contributed by atoms with Crippen molar-refractivity contribution in [3.05, 3.63) is 35.9 Å². The molecule has 0 saturated carbocycles. The zero-order chi connectivity index (χ0) is 11.4. The van der Waals surface area contributed by atoms with Gasteiger partial charge in [0.1, 0.15) is 0 Å². The summed E-state index contributed by atoms with van der Waals surface area (Å²) in [5.74, 6) is -0.604. The lowest BCUT2D eigenvalue weighted by atomic mass is 9.81. The zero-order valence-electron chi connectivity index (χ0n) is 9.47. The number of carbonyl (C=O) groups is 1. The summed E-state index contributed by atoms with van der Waals surface area (Å²) in [7, 11) is 0. The maximum atomic E-state index is 10.9. The molecule has 82 valence electrons. The normalized spacial score (nSPS) is 16.7. The van der Waals surface area contributed by atoms with Crippen LogP contribution < -0.4 is 0 Å². The highest BCUT2D eigenvalue weighted by molar-refractivity contribution is 5.70. The minimum Gasteiger partial charge on any atom is -0.481 e. The van der Waals surface area contributed by atoms with E-state index in [-0.39, 0.29) is 17.8 Å². The standard InChI is InChI=1S/C13H18O2/c1-9(11(3)13(14)15)10(2)12-7-5-4-6-8-12/h4-11H,1-3H3,(H,14,15). The summed E-state index contributed by atoms with van der Waals surface area (Å²) in [5, 5.41) is 8.95. The third kappa shape index (κ3) is 2.82. The van der Waals surface area contributed by atoms with Crippen molar-refractivity contribution in [1.82, 2.24) is 0 Å². The monoisotopic (exact) mass is 206 g/mol. The van der Waals surface area contributed by atoms with Crippen LogP contribution in [0.2, 0.25) is 0 Å². The van der Waals surface area contributed by atoms with Crippen LogP contribution in [0.25, 0.3) is 0 Å². The van der Waals surface area contributed by atoms with E-state index >= 15 is 0 Å². The van der Waals surface area contributed by atoms with Crippen molar-refractivity contribution in [2.75, 3.05) is 0 Å². The van der Waals surface area contributed by atoms with Gasteiger partial charge in [0.2, 0.25) is 0 Å². The Morgan fingerprint density at radius 1 is 1.13 bits per heavy atom. The molecule has 1 N–H and O–H groups in total. The number of aliphatic carboxylic acids is 1. The lowest BCUT2D eigenvalue weighted by Crippen LogP contribution is -2.22. The molecule has 0 bridgehead atoms. The molecule has 0 fully saturated rings. The third-order valence-corrected chi connectivity index (χ3v) is 3.29. The fraction of sp³-hybridized carbons (Fsp3) is 0.462. The molecular formula is C13H18O2. The van der Waals surface area contributed by atoms with Crippen molar-refractivity contribution >= 4 is 5.97 Å². The van der Waals surface area contributed by atoms with Crippen LogP contribution in [0.4, 0.5) is 0 Å². The molecule has 1 rings (SSSR count). The molecule has 0 spiro atoms. The highest BCUT2D eigenvalue weighted by Crippen LogP contribution is 2.29. The number of hydrogen-bond donors (Lipinski definition) is 1. The first-order valence-electron chi connectivity index (χ1n) is 5.31. The van der Waals surface area contributed by atoms with Crippen molar-refractivity contribution in [3.8, 4) is 0 Å². The Bertz CT molecular complexity index is 319. The van der Waals surface area contributed by atoms with Crippen molar-refractivity contribution in [1.29, 1.82) is 0 Å². The van der Waals surface area contributed by atoms with Gasteiger partial charge in [0.05, 0.1) is 5.92 Å². The molecule has 2 heteroatoms. The number of carboxylic acids is 1. The van der Waals surface area contributed by atoms with Crippen LogP contribution in [0.5, 0.6) is 0 Å². The first-order valence-corrected chi connectivity index (χ1v) is 5.31. The Balaban J connectivity index is 2.77. The van der Waals surface area contributed by atoms with Gasteiger partial charge in [0, 0.05) is 0 Å². The summed E-state index contributed by atoms with van der Waals surface area (Å²) in [5.41, 5.74) is 1.21. The second-order valence-electron chi connectivity index (χ2n) is 4.19. The van der Waals surface area contributed by atoms with E-state index in [2.05, 4.69) is 19.1 Å². The van der Waals surface area contributed by atoms with Crippen molar-refractivity contribution in [2.45, 2.75) is 26.7 Å². The van der Waals surface area contributed by atoms with Crippen LogP contribution in [0, 0.1) is 11.8 Å². The molecule has 0 heterocycles. The number of hydrogen-bond acceptors (Lipinski definition) is 1. The average molecular weight is 206 g/mol. The van der Waals surface area contributed by atoms with Gasteiger partial charge < -0.3 is 5.11 Å². The largest absolute Gasteiger partial charge is 0.481 e. The van der Waals surface area contributed by atoms with Crippen LogP contribution in [0.1, 0.15) is 32.3 Å². The molecule has 0 amide bonds. The number of benzene rings is 1. The van der Waals surface area contributed by atoms with E-state index in [0.29, 0.717) is 0 Å². The Hall–Kier alpha value is -1.31. The molecule has 2 nitrogen and oxygen atoms in total. The zero-order valence-corrected chi connectivity index (χ0v) is 9.47. The Kier molecular flexibility index (Phi) is 3.89. The van der Waals surface area contributed by atoms with Gasteiger partial charge in [-0.05, 0) is 17.4 Å². The van der Waals surface area contributed by atoms with Crippen molar-refractivity contribution < 1.29 is 9.90 Å². The molecule has 0 radical (unpaired) electrons. The SMILES string of the molecule is CC(C(=O)O)C(C)C(C)c1ccccc1. The molecule has 0 aromatic heterocycles. The smallest absolute Gasteiger partial charge is 0.306 e. The van der Waals surface area contributed by atoms with E-state index in [9.17, 15) is 4.79 Å². The Labute approximate surface area is 90.9 Å². The maximum absolute atomic E-state index is 10.9. The van der Waals surface area contributed by atoms with Crippen LogP contribution in [0.15, 0.2) is 30.3 Å². The van der Waals surface area contributed by atoms with E-state index < -0.39 is 5.97 Å². The van der Waals surface area contributed by atoms with E-state index in [1.165, 1.54) is 5.56 Å². The number of rotatable bonds is 4. The van der Waals surface area contributed by atoms with Crippen LogP contribution >= 0.6 is 0 Å². The first-order chi connectivity index (χ1) is 7.04. The fourth-order valence-corrected chi connectivity index (χ4v) is 1.72. The molecule has 0 saturated heterocycles. The fourth-order valence-electron chi connectivity index (χ4n) is 1.72. The predicted octanol–water partition coefficient (Wildman–Crippen LogP) is 3.15. The van der Waals surface area contributed by atoms with Gasteiger partial charge >= 0.3 is 5.97 Å². The summed E-state index contributed by atoms with van der Waals surface area (Å²) in [6.07, 6.45) is 0. The highest BCUT2D eigenvalue weighted by atomic mass is 16.4. The van der Waals surface area contributed by atoms with Crippen molar-refractivity contribution in [3.63, 3.8) is 0 Å². The molecule has 0 aliphatic rings. The van der Waals surface area contributed by atoms with Gasteiger partial charge in [-0.25, -0.2) is 0 Å². The number of carboxylic acid groups (broad SMARTS) is 1. The van der Waals surface area contributed by atoms with Gasteiger partial charge in [0.15, 0.2) is 0 Å². The van der Waals surface area contributed by atoms with E-state index in [1.807, 2.05) is 25.1 Å². The molecule has 0 aliphatic heterocycles. The van der Waals surface area contributed by atoms with Crippen LogP contribution in [-0.2, 0) is 4.79 Å². The minimum atomic E-state index is -0.717. The van der Waals surface area contributed by atoms with Crippen molar-refractivity contribution in [2.24, 2.45) is 11.8 Å². The summed E-state index contributed by atoms with van der Waals surface area (Å²) in [6, 6.07) is 10.1. The lowest BCUT2D eigenvalue weighted by Gasteiger charge is -2.23. The highest BCUT2D eigenvalue weighted by Gasteiger charge is 2.25. The van der Waals surface area contributed by atoms with Gasteiger partial charge in [-0.15, -0.1) is 0 Å². The van der Waals surface area contributed by atoms with Crippen LogP contribution in [0.3, 0.4) is 0 Å². The van der Waals surface area contributed by atoms with Crippen LogP contribution in [-0.4, -0.2) is 11.1 Å². The molecule has 15 heavy (non-hydrogen) atoms. The molecule has 1 aromatic carbocycles. The summed E-state index contributed by atoms with van der Waals surface area (Å²) in [4.78, 5) is 10.9. The second kappa shape index (κ2) is 4.96. The topological polar surface area (TPSA) is 37.3 Å². The Morgan fingerprint density at radius 2 is 1.67 bits per heavy atom. The van der Waals surface area contributed by atoms with Gasteiger partial charge in [-0.3, -0.25) is 4.79 Å². The molecule has 1 aromatic rings. The predicted molar refractivity (Wildman–Crippen MR) is 60.8 cm³/mol. The maximum Gasteiger partial charge on any atom is 0.306 e. The minimum absolute atomic E-state index is 0.143. The van der Waals surface area contributed by atoms with Gasteiger partial charge in [-0.2, -0.15) is 0 Å². The second-order valence-corrected chi connectivity index (χ2v) is 4.19. The van der Waals surface area contributed by atoms with Gasteiger partial charge in [0.25, 0.3) is 0 Å². The molecule has 3 unspecified atom stereocenters. The molecule has 3 atom stereocenters. The summed E-state index contributed by atoms with van der Waals surface area (Å²) >= 11 is 0. The summed E-state index contributed by atoms with van der Waals surface area (Å²) in [6.45, 7) is 5.85. The van der Waals surface area contributed by atoms with E-state index in [4.69, 9.17) is 5.11 Å². The van der Waals surface area contributed by atoms with E-state index in [1.54, 1.807) is 6.92 Å².